The molecule has 1 rings (SSSR count). The van der Waals surface area contributed by atoms with Crippen LogP contribution >= 0.6 is 0 Å². The Morgan fingerprint density at radius 3 is 1.95 bits per heavy atom. The van der Waals surface area contributed by atoms with E-state index in [1.807, 2.05) is 6.92 Å². The monoisotopic (exact) mass is 588 g/mol. The van der Waals surface area contributed by atoms with Crippen LogP contribution in [0, 0.1) is 0 Å². The summed E-state index contributed by atoms with van der Waals surface area (Å²) in [6.45, 7) is 4.27. The van der Waals surface area contributed by atoms with Gasteiger partial charge in [-0.1, -0.05) is 90.2 Å². The van der Waals surface area contributed by atoms with E-state index in [2.05, 4.69) is 19.1 Å². The number of allylic oxidation sites excluding steroid dienone is 2. The van der Waals surface area contributed by atoms with E-state index in [9.17, 15) is 25.2 Å². The van der Waals surface area contributed by atoms with E-state index in [1.54, 1.807) is 0 Å². The molecule has 0 aromatic heterocycles. The molecule has 0 radical (unpaired) electrons. The van der Waals surface area contributed by atoms with Crippen molar-refractivity contribution in [2.75, 3.05) is 26.4 Å². The third-order valence-electron chi connectivity index (χ3n) is 7.43. The van der Waals surface area contributed by atoms with Gasteiger partial charge in [0, 0.05) is 13.0 Å². The summed E-state index contributed by atoms with van der Waals surface area (Å²) in [4.78, 5) is 12.2. The molecule has 0 amide bonds. The van der Waals surface area contributed by atoms with E-state index in [-0.39, 0.29) is 19.2 Å². The fourth-order valence-electron chi connectivity index (χ4n) is 4.76. The largest absolute Gasteiger partial charge is 0.457 e. The van der Waals surface area contributed by atoms with Crippen molar-refractivity contribution in [2.45, 2.75) is 160 Å². The molecule has 9 nitrogen and oxygen atoms in total. The first-order chi connectivity index (χ1) is 19.9. The van der Waals surface area contributed by atoms with Crippen molar-refractivity contribution < 1.29 is 44.2 Å². The van der Waals surface area contributed by atoms with Gasteiger partial charge < -0.3 is 39.4 Å². The number of hydrogen-bond donors (Lipinski definition) is 4. The summed E-state index contributed by atoms with van der Waals surface area (Å²) >= 11 is 0. The first-order valence-corrected chi connectivity index (χ1v) is 16.3. The van der Waals surface area contributed by atoms with Gasteiger partial charge in [-0.05, 0) is 38.5 Å². The summed E-state index contributed by atoms with van der Waals surface area (Å²) in [5, 5.41) is 39.4. The SMILES string of the molecule is CCCCCCCC/C=C\CCCCCCCCOCC(COC1OC(CO)C(O)C(O)C1O)OC(=O)CCCC. The summed E-state index contributed by atoms with van der Waals surface area (Å²) in [7, 11) is 0. The molecule has 6 atom stereocenters. The molecule has 1 fully saturated rings. The molecule has 0 bridgehead atoms. The summed E-state index contributed by atoms with van der Waals surface area (Å²) < 4.78 is 22.2. The Labute approximate surface area is 248 Å². The summed E-state index contributed by atoms with van der Waals surface area (Å²) in [5.74, 6) is -0.352. The fourth-order valence-corrected chi connectivity index (χ4v) is 4.76. The van der Waals surface area contributed by atoms with E-state index < -0.39 is 43.4 Å². The number of carbonyl (C=O) groups excluding carboxylic acids is 1. The predicted octanol–water partition coefficient (Wildman–Crippen LogP) is 4.96. The molecule has 0 saturated carbocycles. The zero-order valence-corrected chi connectivity index (χ0v) is 25.8. The Bertz CT molecular complexity index is 643. The second-order valence-corrected chi connectivity index (χ2v) is 11.3. The maximum absolute atomic E-state index is 12.2. The van der Waals surface area contributed by atoms with Crippen LogP contribution in [0.1, 0.15) is 123 Å². The van der Waals surface area contributed by atoms with Crippen molar-refractivity contribution in [3.05, 3.63) is 12.2 Å². The maximum Gasteiger partial charge on any atom is 0.306 e. The number of hydrogen-bond acceptors (Lipinski definition) is 9. The Morgan fingerprint density at radius 2 is 1.34 bits per heavy atom. The van der Waals surface area contributed by atoms with Gasteiger partial charge in [-0.3, -0.25) is 4.79 Å². The number of unbranched alkanes of at least 4 members (excludes halogenated alkanes) is 13. The topological polar surface area (TPSA) is 135 Å². The molecular weight excluding hydrogens is 528 g/mol. The predicted molar refractivity (Wildman–Crippen MR) is 159 cm³/mol. The van der Waals surface area contributed by atoms with Gasteiger partial charge in [-0.25, -0.2) is 0 Å². The summed E-state index contributed by atoms with van der Waals surface area (Å²) in [6.07, 6.45) is 16.4. The zero-order chi connectivity index (χ0) is 30.1. The van der Waals surface area contributed by atoms with Crippen LogP contribution in [-0.2, 0) is 23.7 Å². The highest BCUT2D eigenvalue weighted by Crippen LogP contribution is 2.22. The number of aliphatic hydroxyl groups is 4. The molecule has 0 aliphatic carbocycles. The van der Waals surface area contributed by atoms with Gasteiger partial charge in [0.2, 0.25) is 0 Å². The molecule has 0 spiro atoms. The van der Waals surface area contributed by atoms with E-state index in [0.29, 0.717) is 13.0 Å². The van der Waals surface area contributed by atoms with Gasteiger partial charge in [0.1, 0.15) is 30.5 Å². The van der Waals surface area contributed by atoms with Crippen LogP contribution in [0.4, 0.5) is 0 Å². The lowest BCUT2D eigenvalue weighted by Gasteiger charge is -2.39. The molecule has 0 aromatic rings. The van der Waals surface area contributed by atoms with Crippen molar-refractivity contribution in [3.8, 4) is 0 Å². The lowest BCUT2D eigenvalue weighted by atomic mass is 9.99. The molecule has 0 aromatic carbocycles. The number of carbonyl (C=O) groups is 1. The summed E-state index contributed by atoms with van der Waals surface area (Å²) in [6, 6.07) is 0. The van der Waals surface area contributed by atoms with Gasteiger partial charge in [0.25, 0.3) is 0 Å². The van der Waals surface area contributed by atoms with Gasteiger partial charge in [0.15, 0.2) is 6.29 Å². The minimum Gasteiger partial charge on any atom is -0.457 e. The van der Waals surface area contributed by atoms with E-state index in [1.165, 1.54) is 77.0 Å². The molecule has 9 heteroatoms. The van der Waals surface area contributed by atoms with Crippen LogP contribution < -0.4 is 0 Å². The average Bonchev–Trinajstić information content (AvgIpc) is 2.97. The Kier molecular flexibility index (Phi) is 23.5. The zero-order valence-electron chi connectivity index (χ0n) is 25.8. The van der Waals surface area contributed by atoms with E-state index in [0.717, 1.165) is 25.7 Å². The first kappa shape index (κ1) is 38.0. The quantitative estimate of drug-likeness (QED) is 0.0628. The second kappa shape index (κ2) is 25.4. The number of aliphatic hydroxyl groups excluding tert-OH is 4. The third kappa shape index (κ3) is 18.3. The van der Waals surface area contributed by atoms with Crippen LogP contribution in [0.15, 0.2) is 12.2 Å². The van der Waals surface area contributed by atoms with Crippen LogP contribution in [0.2, 0.25) is 0 Å². The average molecular weight is 589 g/mol. The third-order valence-corrected chi connectivity index (χ3v) is 7.43. The molecule has 6 unspecified atom stereocenters. The molecule has 1 saturated heterocycles. The van der Waals surface area contributed by atoms with Crippen molar-refractivity contribution in [3.63, 3.8) is 0 Å². The molecular formula is C32H60O9. The van der Waals surface area contributed by atoms with Crippen LogP contribution in [0.25, 0.3) is 0 Å². The van der Waals surface area contributed by atoms with E-state index >= 15 is 0 Å². The second-order valence-electron chi connectivity index (χ2n) is 11.3. The molecule has 1 aliphatic heterocycles. The minimum absolute atomic E-state index is 0.117. The highest BCUT2D eigenvalue weighted by molar-refractivity contribution is 5.69. The van der Waals surface area contributed by atoms with E-state index in [4.69, 9.17) is 18.9 Å². The fraction of sp³-hybridized carbons (Fsp3) is 0.906. The van der Waals surface area contributed by atoms with Gasteiger partial charge in [0.05, 0.1) is 19.8 Å². The van der Waals surface area contributed by atoms with Crippen LogP contribution in [-0.4, -0.2) is 89.6 Å². The Morgan fingerprint density at radius 1 is 0.756 bits per heavy atom. The lowest BCUT2D eigenvalue weighted by Crippen LogP contribution is -2.59. The molecule has 41 heavy (non-hydrogen) atoms. The Hall–Kier alpha value is -1.07. The standard InChI is InChI=1S/C32H60O9/c1-3-5-7-8-9-10-11-12-13-14-15-16-17-18-19-20-22-38-24-26(40-28(34)21-6-4-2)25-39-32-31(37)30(36)29(35)27(23-33)41-32/h12-13,26-27,29-33,35-37H,3-11,14-25H2,1-2H3/b13-12-. The molecule has 1 heterocycles. The first-order valence-electron chi connectivity index (χ1n) is 16.3. The van der Waals surface area contributed by atoms with Crippen molar-refractivity contribution >= 4 is 5.97 Å². The van der Waals surface area contributed by atoms with Crippen LogP contribution in [0.3, 0.4) is 0 Å². The van der Waals surface area contributed by atoms with Gasteiger partial charge >= 0.3 is 5.97 Å². The molecule has 242 valence electrons. The van der Waals surface area contributed by atoms with Gasteiger partial charge in [-0.15, -0.1) is 0 Å². The van der Waals surface area contributed by atoms with Crippen molar-refractivity contribution in [2.24, 2.45) is 0 Å². The highest BCUT2D eigenvalue weighted by Gasteiger charge is 2.44. The van der Waals surface area contributed by atoms with Crippen molar-refractivity contribution in [1.82, 2.24) is 0 Å². The lowest BCUT2D eigenvalue weighted by molar-refractivity contribution is -0.305. The molecule has 4 N–H and O–H groups in total. The normalized spacial score (nSPS) is 23.7. The number of rotatable bonds is 26. The van der Waals surface area contributed by atoms with Crippen molar-refractivity contribution in [1.29, 1.82) is 0 Å². The number of ether oxygens (including phenoxy) is 4. The van der Waals surface area contributed by atoms with Crippen LogP contribution in [0.5, 0.6) is 0 Å². The minimum atomic E-state index is -1.53. The number of esters is 1. The smallest absolute Gasteiger partial charge is 0.306 e. The highest BCUT2D eigenvalue weighted by atomic mass is 16.7. The maximum atomic E-state index is 12.2. The Balaban J connectivity index is 2.20. The summed E-state index contributed by atoms with van der Waals surface area (Å²) in [5.41, 5.74) is 0. The molecule has 1 aliphatic rings. The van der Waals surface area contributed by atoms with Gasteiger partial charge in [-0.2, -0.15) is 0 Å².